The molecule has 2 atom stereocenters. The molecule has 0 aromatic heterocycles. The molecular weight excluding hydrogens is 352 g/mol. The van der Waals surface area contributed by atoms with Gasteiger partial charge in [0.05, 0.1) is 6.54 Å². The van der Waals surface area contributed by atoms with Gasteiger partial charge < -0.3 is 15.5 Å². The van der Waals surface area contributed by atoms with E-state index in [1.165, 1.54) is 25.7 Å². The van der Waals surface area contributed by atoms with Crippen LogP contribution in [0.2, 0.25) is 0 Å². The third-order valence-electron chi connectivity index (χ3n) is 7.11. The summed E-state index contributed by atoms with van der Waals surface area (Å²) in [4.78, 5) is 29.2. The van der Waals surface area contributed by atoms with Gasteiger partial charge in [-0.2, -0.15) is 0 Å². The Morgan fingerprint density at radius 3 is 2.43 bits per heavy atom. The molecule has 160 valence electrons. The van der Waals surface area contributed by atoms with Gasteiger partial charge in [0.15, 0.2) is 0 Å². The number of amides is 2. The minimum atomic E-state index is 0.151. The van der Waals surface area contributed by atoms with E-state index in [0.717, 1.165) is 58.0 Å². The Bertz CT molecular complexity index is 505. The van der Waals surface area contributed by atoms with Crippen LogP contribution in [0, 0.1) is 17.8 Å². The van der Waals surface area contributed by atoms with Gasteiger partial charge in [0.25, 0.3) is 0 Å². The molecule has 2 amide bonds. The summed E-state index contributed by atoms with van der Waals surface area (Å²) in [5, 5.41) is 6.67. The van der Waals surface area contributed by atoms with Crippen molar-refractivity contribution in [3.8, 4) is 0 Å². The van der Waals surface area contributed by atoms with Crippen LogP contribution in [0.25, 0.3) is 0 Å². The van der Waals surface area contributed by atoms with Crippen molar-refractivity contribution in [3.05, 3.63) is 0 Å². The highest BCUT2D eigenvalue weighted by atomic mass is 16.2. The van der Waals surface area contributed by atoms with Gasteiger partial charge in [0, 0.05) is 38.6 Å². The van der Waals surface area contributed by atoms with Crippen molar-refractivity contribution >= 4 is 11.8 Å². The van der Waals surface area contributed by atoms with Crippen molar-refractivity contribution in [1.29, 1.82) is 0 Å². The average molecular weight is 393 g/mol. The Morgan fingerprint density at radius 1 is 1.07 bits per heavy atom. The van der Waals surface area contributed by atoms with Crippen LogP contribution in [0.5, 0.6) is 0 Å². The van der Waals surface area contributed by atoms with Crippen LogP contribution >= 0.6 is 0 Å². The number of hydrogen-bond acceptors (Lipinski definition) is 4. The molecule has 6 heteroatoms. The van der Waals surface area contributed by atoms with E-state index in [2.05, 4.69) is 29.4 Å². The molecule has 28 heavy (non-hydrogen) atoms. The van der Waals surface area contributed by atoms with Gasteiger partial charge in [-0.1, -0.05) is 13.8 Å². The fourth-order valence-corrected chi connectivity index (χ4v) is 4.97. The number of carbonyl (C=O) groups excluding carboxylic acids is 2. The Kier molecular flexibility index (Phi) is 8.15. The molecule has 3 fully saturated rings. The Morgan fingerprint density at radius 2 is 1.79 bits per heavy atom. The predicted octanol–water partition coefficient (Wildman–Crippen LogP) is 1.85. The topological polar surface area (TPSA) is 64.7 Å². The summed E-state index contributed by atoms with van der Waals surface area (Å²) in [6.07, 6.45) is 7.80. The number of carbonyl (C=O) groups is 2. The molecule has 0 bridgehead atoms. The maximum absolute atomic E-state index is 12.7. The predicted molar refractivity (Wildman–Crippen MR) is 112 cm³/mol. The lowest BCUT2D eigenvalue weighted by atomic mass is 9.85. The van der Waals surface area contributed by atoms with E-state index in [1.54, 1.807) is 0 Å². The molecule has 0 radical (unpaired) electrons. The molecule has 2 N–H and O–H groups in total. The molecule has 0 aromatic rings. The van der Waals surface area contributed by atoms with Crippen molar-refractivity contribution in [2.24, 2.45) is 17.8 Å². The van der Waals surface area contributed by atoms with E-state index in [4.69, 9.17) is 0 Å². The normalized spacial score (nSPS) is 30.6. The van der Waals surface area contributed by atoms with Crippen LogP contribution in [0.15, 0.2) is 0 Å². The molecule has 6 nitrogen and oxygen atoms in total. The quantitative estimate of drug-likeness (QED) is 0.724. The summed E-state index contributed by atoms with van der Waals surface area (Å²) in [6, 6.07) is 0.363. The standard InChI is InChI=1S/C22H40N4O2/c1-17-5-7-20(8-6-17)24-21(27)16-25-10-12-26(13-11-25)22(28)14-18(2)19-4-3-9-23-15-19/h17-20,23H,3-16H2,1-2H3,(H,24,27). The lowest BCUT2D eigenvalue weighted by Gasteiger charge is -2.36. The molecule has 3 aliphatic rings. The highest BCUT2D eigenvalue weighted by Gasteiger charge is 2.27. The molecule has 1 aliphatic carbocycles. The lowest BCUT2D eigenvalue weighted by molar-refractivity contribution is -0.134. The molecular formula is C22H40N4O2. The van der Waals surface area contributed by atoms with Crippen molar-refractivity contribution in [2.75, 3.05) is 45.8 Å². The van der Waals surface area contributed by atoms with Crippen LogP contribution in [0.1, 0.15) is 58.8 Å². The first-order chi connectivity index (χ1) is 13.5. The summed E-state index contributed by atoms with van der Waals surface area (Å²) < 4.78 is 0. The van der Waals surface area contributed by atoms with Gasteiger partial charge in [0.2, 0.25) is 11.8 Å². The molecule has 2 saturated heterocycles. The Hall–Kier alpha value is -1.14. The van der Waals surface area contributed by atoms with Crippen LogP contribution in [-0.2, 0) is 9.59 Å². The molecule has 1 saturated carbocycles. The Balaban J connectivity index is 1.33. The lowest BCUT2D eigenvalue weighted by Crippen LogP contribution is -2.52. The third-order valence-corrected chi connectivity index (χ3v) is 7.11. The zero-order valence-electron chi connectivity index (χ0n) is 17.9. The maximum Gasteiger partial charge on any atom is 0.234 e. The second-order valence-electron chi connectivity index (χ2n) is 9.47. The van der Waals surface area contributed by atoms with E-state index < -0.39 is 0 Å². The third kappa shape index (κ3) is 6.45. The second kappa shape index (κ2) is 10.6. The van der Waals surface area contributed by atoms with Gasteiger partial charge in [-0.05, 0) is 69.4 Å². The largest absolute Gasteiger partial charge is 0.352 e. The van der Waals surface area contributed by atoms with Crippen LogP contribution < -0.4 is 10.6 Å². The highest BCUT2D eigenvalue weighted by molar-refractivity contribution is 5.78. The number of rotatable bonds is 6. The first kappa shape index (κ1) is 21.6. The summed E-state index contributed by atoms with van der Waals surface area (Å²) in [6.45, 7) is 10.3. The zero-order chi connectivity index (χ0) is 19.9. The highest BCUT2D eigenvalue weighted by Crippen LogP contribution is 2.24. The summed E-state index contributed by atoms with van der Waals surface area (Å²) in [5.74, 6) is 2.32. The number of piperidine rings is 1. The first-order valence-corrected chi connectivity index (χ1v) is 11.5. The molecule has 2 aliphatic heterocycles. The SMILES string of the molecule is CC1CCC(NC(=O)CN2CCN(C(=O)CC(C)C3CCCNC3)CC2)CC1. The van der Waals surface area contributed by atoms with E-state index in [0.29, 0.717) is 36.8 Å². The van der Waals surface area contributed by atoms with Crippen LogP contribution in [-0.4, -0.2) is 73.5 Å². The number of piperazine rings is 1. The number of hydrogen-bond donors (Lipinski definition) is 2. The van der Waals surface area contributed by atoms with Crippen molar-refractivity contribution in [3.63, 3.8) is 0 Å². The van der Waals surface area contributed by atoms with Gasteiger partial charge in [-0.25, -0.2) is 0 Å². The second-order valence-corrected chi connectivity index (χ2v) is 9.47. The maximum atomic E-state index is 12.7. The first-order valence-electron chi connectivity index (χ1n) is 11.5. The van der Waals surface area contributed by atoms with Crippen molar-refractivity contribution in [2.45, 2.75) is 64.8 Å². The van der Waals surface area contributed by atoms with E-state index in [1.807, 2.05) is 4.90 Å². The van der Waals surface area contributed by atoms with Crippen molar-refractivity contribution in [1.82, 2.24) is 20.4 Å². The van der Waals surface area contributed by atoms with Gasteiger partial charge in [-0.15, -0.1) is 0 Å². The summed E-state index contributed by atoms with van der Waals surface area (Å²) >= 11 is 0. The van der Waals surface area contributed by atoms with E-state index >= 15 is 0 Å². The van der Waals surface area contributed by atoms with Gasteiger partial charge in [0.1, 0.15) is 0 Å². The Labute approximate surface area is 170 Å². The van der Waals surface area contributed by atoms with E-state index in [9.17, 15) is 9.59 Å². The number of nitrogens with one attached hydrogen (secondary N) is 2. The molecule has 0 spiro atoms. The average Bonchev–Trinajstić information content (AvgIpc) is 2.71. The molecule has 2 heterocycles. The smallest absolute Gasteiger partial charge is 0.234 e. The fourth-order valence-electron chi connectivity index (χ4n) is 4.97. The number of nitrogens with zero attached hydrogens (tertiary/aromatic N) is 2. The minimum Gasteiger partial charge on any atom is -0.352 e. The summed E-state index contributed by atoms with van der Waals surface area (Å²) in [7, 11) is 0. The van der Waals surface area contributed by atoms with Crippen LogP contribution in [0.4, 0.5) is 0 Å². The van der Waals surface area contributed by atoms with E-state index in [-0.39, 0.29) is 5.91 Å². The van der Waals surface area contributed by atoms with Gasteiger partial charge >= 0.3 is 0 Å². The summed E-state index contributed by atoms with van der Waals surface area (Å²) in [5.41, 5.74) is 0. The van der Waals surface area contributed by atoms with Gasteiger partial charge in [-0.3, -0.25) is 14.5 Å². The minimum absolute atomic E-state index is 0.151. The fraction of sp³-hybridized carbons (Fsp3) is 0.909. The monoisotopic (exact) mass is 392 g/mol. The van der Waals surface area contributed by atoms with Crippen molar-refractivity contribution < 1.29 is 9.59 Å². The molecule has 2 unspecified atom stereocenters. The van der Waals surface area contributed by atoms with Crippen LogP contribution in [0.3, 0.4) is 0 Å². The molecule has 3 rings (SSSR count). The molecule has 0 aromatic carbocycles. The zero-order valence-corrected chi connectivity index (χ0v) is 17.9.